The van der Waals surface area contributed by atoms with Crippen molar-refractivity contribution in [2.45, 2.75) is 0 Å². The van der Waals surface area contributed by atoms with Gasteiger partial charge in [0.1, 0.15) is 5.65 Å². The summed E-state index contributed by atoms with van der Waals surface area (Å²) in [7, 11) is 0. The van der Waals surface area contributed by atoms with E-state index in [9.17, 15) is 0 Å². The topological polar surface area (TPSA) is 48.0 Å². The van der Waals surface area contributed by atoms with E-state index in [0.29, 0.717) is 17.5 Å². The van der Waals surface area contributed by atoms with Crippen LogP contribution in [0.4, 0.5) is 0 Å². The van der Waals surface area contributed by atoms with Gasteiger partial charge in [-0.1, -0.05) is 158 Å². The molecule has 52 heavy (non-hydrogen) atoms. The molecule has 0 atom stereocenters. The Kier molecular flexibility index (Phi) is 7.07. The number of fused-ring (bicyclic) bond motifs is 5. The first kappa shape index (κ1) is 29.8. The summed E-state index contributed by atoms with van der Waals surface area (Å²) in [5.41, 5.74) is 13.2. The first-order chi connectivity index (χ1) is 25.8. The fourth-order valence-electron chi connectivity index (χ4n) is 7.34. The second-order valence-corrected chi connectivity index (χ2v) is 12.9. The minimum Gasteiger partial charge on any atom is -0.293 e. The van der Waals surface area contributed by atoms with E-state index in [0.717, 1.165) is 44.7 Å². The van der Waals surface area contributed by atoms with E-state index in [2.05, 4.69) is 161 Å². The van der Waals surface area contributed by atoms with Gasteiger partial charge in [-0.05, 0) is 47.0 Å². The smallest absolute Gasteiger partial charge is 0.164 e. The van der Waals surface area contributed by atoms with Crippen molar-refractivity contribution in [1.82, 2.24) is 23.9 Å². The van der Waals surface area contributed by atoms with Crippen LogP contribution in [-0.2, 0) is 0 Å². The van der Waals surface area contributed by atoms with Crippen LogP contribution in [-0.4, -0.2) is 23.9 Å². The third-order valence-electron chi connectivity index (χ3n) is 9.79. The van der Waals surface area contributed by atoms with Gasteiger partial charge in [0.05, 0.1) is 16.6 Å². The Morgan fingerprint density at radius 2 is 0.712 bits per heavy atom. The fraction of sp³-hybridized carbons (Fsp3) is 0. The first-order valence-electron chi connectivity index (χ1n) is 17.5. The third-order valence-corrected chi connectivity index (χ3v) is 9.79. The molecule has 0 aliphatic rings. The van der Waals surface area contributed by atoms with Gasteiger partial charge in [-0.25, -0.2) is 15.0 Å². The molecule has 0 aliphatic carbocycles. The van der Waals surface area contributed by atoms with Gasteiger partial charge in [-0.2, -0.15) is 0 Å². The van der Waals surface area contributed by atoms with Crippen molar-refractivity contribution in [2.75, 3.05) is 0 Å². The Morgan fingerprint density at radius 3 is 1.31 bits per heavy atom. The van der Waals surface area contributed by atoms with Crippen molar-refractivity contribution in [2.24, 2.45) is 0 Å². The van der Waals surface area contributed by atoms with Crippen LogP contribution < -0.4 is 0 Å². The zero-order chi connectivity index (χ0) is 34.4. The average molecular weight is 666 g/mol. The van der Waals surface area contributed by atoms with E-state index in [1.807, 2.05) is 36.4 Å². The minimum atomic E-state index is 0.632. The number of imidazole rings is 1. The molecular weight excluding hydrogens is 635 g/mol. The maximum atomic E-state index is 5.05. The van der Waals surface area contributed by atoms with Crippen molar-refractivity contribution in [1.29, 1.82) is 0 Å². The summed E-state index contributed by atoms with van der Waals surface area (Å²) < 4.78 is 4.78. The summed E-state index contributed by atoms with van der Waals surface area (Å²) in [4.78, 5) is 15.0. The second kappa shape index (κ2) is 12.3. The van der Waals surface area contributed by atoms with E-state index in [-0.39, 0.29) is 0 Å². The van der Waals surface area contributed by atoms with Crippen LogP contribution in [0, 0.1) is 0 Å². The highest BCUT2D eigenvalue weighted by Crippen LogP contribution is 2.41. The molecule has 0 aliphatic heterocycles. The van der Waals surface area contributed by atoms with E-state index in [1.165, 1.54) is 27.5 Å². The third kappa shape index (κ3) is 4.98. The minimum absolute atomic E-state index is 0.632. The fourth-order valence-corrected chi connectivity index (χ4v) is 7.34. The van der Waals surface area contributed by atoms with Gasteiger partial charge in [0.15, 0.2) is 17.5 Å². The van der Waals surface area contributed by atoms with Crippen LogP contribution in [0.1, 0.15) is 0 Å². The van der Waals surface area contributed by atoms with E-state index < -0.39 is 0 Å². The van der Waals surface area contributed by atoms with Gasteiger partial charge in [0, 0.05) is 33.3 Å². The highest BCUT2D eigenvalue weighted by Gasteiger charge is 2.22. The molecule has 7 aromatic carbocycles. The Balaban J connectivity index is 1.12. The molecule has 0 radical (unpaired) electrons. The van der Waals surface area contributed by atoms with Crippen LogP contribution in [0.2, 0.25) is 0 Å². The molecule has 244 valence electrons. The van der Waals surface area contributed by atoms with E-state index in [1.54, 1.807) is 0 Å². The van der Waals surface area contributed by atoms with Gasteiger partial charge in [0.2, 0.25) is 0 Å². The number of hydrogen-bond acceptors (Lipinski definition) is 3. The molecule has 0 spiro atoms. The van der Waals surface area contributed by atoms with Crippen LogP contribution in [0.25, 0.3) is 89.7 Å². The molecule has 0 saturated heterocycles. The van der Waals surface area contributed by atoms with Crippen LogP contribution in [0.5, 0.6) is 0 Å². The molecule has 3 aromatic heterocycles. The Bertz CT molecular complexity index is 2860. The molecule has 0 saturated carbocycles. The lowest BCUT2D eigenvalue weighted by molar-refractivity contribution is 1.07. The molecule has 10 rings (SSSR count). The van der Waals surface area contributed by atoms with Gasteiger partial charge < -0.3 is 0 Å². The highest BCUT2D eigenvalue weighted by molar-refractivity contribution is 6.09. The summed E-state index contributed by atoms with van der Waals surface area (Å²) in [6.07, 6.45) is 0. The van der Waals surface area contributed by atoms with Crippen molar-refractivity contribution in [3.8, 4) is 62.1 Å². The van der Waals surface area contributed by atoms with Gasteiger partial charge in [-0.15, -0.1) is 0 Å². The summed E-state index contributed by atoms with van der Waals surface area (Å²) >= 11 is 0. The van der Waals surface area contributed by atoms with Crippen molar-refractivity contribution >= 4 is 27.6 Å². The molecule has 0 bridgehead atoms. The van der Waals surface area contributed by atoms with E-state index >= 15 is 0 Å². The summed E-state index contributed by atoms with van der Waals surface area (Å²) in [5, 5.41) is 1.20. The Labute approximate surface area is 300 Å². The van der Waals surface area contributed by atoms with Crippen LogP contribution in [0.15, 0.2) is 188 Å². The lowest BCUT2D eigenvalue weighted by atomic mass is 10.0. The lowest BCUT2D eigenvalue weighted by Crippen LogP contribution is -2.00. The molecule has 5 nitrogen and oxygen atoms in total. The van der Waals surface area contributed by atoms with Gasteiger partial charge in [0.25, 0.3) is 0 Å². The SMILES string of the molecule is c1ccc(-c2ccc(-c3nc(-c4ccccc4)nc(-c4ccc(-c5c6ccccc6n6c7ccccc7n(-c7ccccc7)c56)cc4)n3)cc2)cc1. The van der Waals surface area contributed by atoms with Crippen molar-refractivity contribution in [3.63, 3.8) is 0 Å². The molecule has 3 heterocycles. The zero-order valence-corrected chi connectivity index (χ0v) is 28.1. The van der Waals surface area contributed by atoms with Gasteiger partial charge in [-0.3, -0.25) is 8.97 Å². The number of nitrogens with zero attached hydrogens (tertiary/aromatic N) is 5. The highest BCUT2D eigenvalue weighted by atomic mass is 15.1. The summed E-state index contributed by atoms with van der Waals surface area (Å²) in [5.74, 6) is 1.91. The van der Waals surface area contributed by atoms with Crippen LogP contribution >= 0.6 is 0 Å². The Hall–Kier alpha value is -7.11. The molecule has 10 aromatic rings. The first-order valence-corrected chi connectivity index (χ1v) is 17.5. The summed E-state index contributed by atoms with van der Waals surface area (Å²) in [6, 6.07) is 65.6. The quantitative estimate of drug-likeness (QED) is 0.178. The van der Waals surface area contributed by atoms with Crippen molar-refractivity contribution in [3.05, 3.63) is 188 Å². The molecule has 0 fully saturated rings. The van der Waals surface area contributed by atoms with Gasteiger partial charge >= 0.3 is 0 Å². The average Bonchev–Trinajstić information content (AvgIpc) is 3.74. The lowest BCUT2D eigenvalue weighted by Gasteiger charge is -2.11. The largest absolute Gasteiger partial charge is 0.293 e. The predicted molar refractivity (Wildman–Crippen MR) is 212 cm³/mol. The molecule has 5 heteroatoms. The van der Waals surface area contributed by atoms with E-state index in [4.69, 9.17) is 15.0 Å². The van der Waals surface area contributed by atoms with Crippen molar-refractivity contribution < 1.29 is 0 Å². The molecular formula is C47H31N5. The number of aromatic nitrogens is 5. The summed E-state index contributed by atoms with van der Waals surface area (Å²) in [6.45, 7) is 0. The number of hydrogen-bond donors (Lipinski definition) is 0. The number of benzene rings is 7. The maximum Gasteiger partial charge on any atom is 0.164 e. The maximum absolute atomic E-state index is 5.05. The number of rotatable bonds is 6. The molecule has 0 N–H and O–H groups in total. The predicted octanol–water partition coefficient (Wildman–Crippen LogP) is 11.6. The second-order valence-electron chi connectivity index (χ2n) is 12.9. The zero-order valence-electron chi connectivity index (χ0n) is 28.1. The Morgan fingerprint density at radius 1 is 0.308 bits per heavy atom. The monoisotopic (exact) mass is 665 g/mol. The van der Waals surface area contributed by atoms with Crippen LogP contribution in [0.3, 0.4) is 0 Å². The number of para-hydroxylation sites is 4. The molecule has 0 amide bonds. The molecule has 0 unspecified atom stereocenters. The standard InChI is InChI=1S/C47H31N5/c1-4-14-32(15-5-1)33-24-28-36(29-25-33)45-48-44(35-16-6-2-7-17-35)49-46(50-45)37-30-26-34(27-31-37)43-39-20-10-11-21-40(39)52-42-23-13-12-22-41(42)51(47(43)52)38-18-8-3-9-19-38/h1-31H. The normalized spacial score (nSPS) is 11.5.